The summed E-state index contributed by atoms with van der Waals surface area (Å²) in [6, 6.07) is 8.34. The molecule has 0 bridgehead atoms. The second-order valence-corrected chi connectivity index (χ2v) is 9.48. The van der Waals surface area contributed by atoms with Gasteiger partial charge in [-0.1, -0.05) is 18.2 Å². The van der Waals surface area contributed by atoms with E-state index >= 15 is 0 Å². The standard InChI is InChI=1S/C27H35N3O3/c1-18-16-19-8-5-4-6-9-22-23(26(31)28-17-24(19)27(32)29-18)10-7-11-25(22)33-21-14-12-20(13-15-21)30(2)3/h4,6-7,10-11,16,20-21H,5,8-9,12-15,17H2,1-3H3,(H,28,31)(H,29,32)/b6-4-/t20-,21-. The highest BCUT2D eigenvalue weighted by Gasteiger charge is 2.25. The predicted molar refractivity (Wildman–Crippen MR) is 131 cm³/mol. The first-order chi connectivity index (χ1) is 15.9. The Morgan fingerprint density at radius 1 is 1.03 bits per heavy atom. The summed E-state index contributed by atoms with van der Waals surface area (Å²) in [5, 5.41) is 2.98. The van der Waals surface area contributed by atoms with Crippen molar-refractivity contribution >= 4 is 5.91 Å². The van der Waals surface area contributed by atoms with Gasteiger partial charge in [0.2, 0.25) is 0 Å². The van der Waals surface area contributed by atoms with E-state index in [9.17, 15) is 9.59 Å². The monoisotopic (exact) mass is 449 g/mol. The topological polar surface area (TPSA) is 74.4 Å². The van der Waals surface area contributed by atoms with Gasteiger partial charge in [-0.3, -0.25) is 9.59 Å². The number of ether oxygens (including phenoxy) is 1. The van der Waals surface area contributed by atoms with Crippen molar-refractivity contribution in [2.75, 3.05) is 14.1 Å². The molecule has 0 atom stereocenters. The summed E-state index contributed by atoms with van der Waals surface area (Å²) in [7, 11) is 4.28. The fraction of sp³-hybridized carbons (Fsp3) is 0.481. The number of pyridine rings is 1. The summed E-state index contributed by atoms with van der Waals surface area (Å²) in [5.41, 5.74) is 3.87. The number of nitrogens with one attached hydrogen (secondary N) is 2. The number of hydrogen-bond donors (Lipinski definition) is 2. The number of aromatic amines is 1. The molecule has 1 saturated carbocycles. The zero-order valence-corrected chi connectivity index (χ0v) is 19.9. The number of fused-ring (bicyclic) bond motifs is 2. The van der Waals surface area contributed by atoms with E-state index in [2.05, 4.69) is 41.4 Å². The maximum absolute atomic E-state index is 13.2. The number of hydrogen-bond acceptors (Lipinski definition) is 4. The van der Waals surface area contributed by atoms with Gasteiger partial charge in [0.25, 0.3) is 11.5 Å². The average Bonchev–Trinajstić information content (AvgIpc) is 2.78. The SMILES string of the molecule is Cc1cc2c(c(=O)[nH]1)CNC(=O)c1cccc(O[C@H]3CC[C@H](N(C)C)CC3)c1C/C=C\CC2. The molecule has 1 aromatic carbocycles. The summed E-state index contributed by atoms with van der Waals surface area (Å²) >= 11 is 0. The van der Waals surface area contributed by atoms with Crippen LogP contribution in [0, 0.1) is 6.92 Å². The molecule has 1 amide bonds. The third kappa shape index (κ3) is 5.56. The van der Waals surface area contributed by atoms with E-state index in [0.717, 1.165) is 61.1 Å². The summed E-state index contributed by atoms with van der Waals surface area (Å²) in [4.78, 5) is 30.9. The molecule has 1 aliphatic heterocycles. The van der Waals surface area contributed by atoms with E-state index in [1.165, 1.54) is 0 Å². The molecule has 1 fully saturated rings. The maximum atomic E-state index is 13.2. The average molecular weight is 450 g/mol. The van der Waals surface area contributed by atoms with Gasteiger partial charge in [0.15, 0.2) is 0 Å². The minimum atomic E-state index is -0.174. The van der Waals surface area contributed by atoms with E-state index in [1.807, 2.05) is 31.2 Å². The van der Waals surface area contributed by atoms with Gasteiger partial charge in [0.1, 0.15) is 5.75 Å². The first-order valence-corrected chi connectivity index (χ1v) is 12.0. The molecule has 0 unspecified atom stereocenters. The van der Waals surface area contributed by atoms with E-state index in [-0.39, 0.29) is 24.1 Å². The Balaban J connectivity index is 1.57. The van der Waals surface area contributed by atoms with Crippen LogP contribution in [0.1, 0.15) is 64.8 Å². The zero-order valence-electron chi connectivity index (χ0n) is 19.9. The summed E-state index contributed by atoms with van der Waals surface area (Å²) in [6.07, 6.45) is 11.0. The highest BCUT2D eigenvalue weighted by Crippen LogP contribution is 2.30. The molecule has 4 rings (SSSR count). The Kier molecular flexibility index (Phi) is 7.33. The highest BCUT2D eigenvalue weighted by atomic mass is 16.5. The molecule has 33 heavy (non-hydrogen) atoms. The minimum Gasteiger partial charge on any atom is -0.490 e. The number of amides is 1. The van der Waals surface area contributed by atoms with Crippen LogP contribution in [0.15, 0.2) is 41.2 Å². The molecule has 176 valence electrons. The van der Waals surface area contributed by atoms with E-state index < -0.39 is 0 Å². The quantitative estimate of drug-likeness (QED) is 0.697. The third-order valence-corrected chi connectivity index (χ3v) is 6.90. The van der Waals surface area contributed by atoms with Crippen molar-refractivity contribution in [3.05, 3.63) is 74.7 Å². The number of H-pyrrole nitrogens is 1. The largest absolute Gasteiger partial charge is 0.490 e. The Hall–Kier alpha value is -2.86. The van der Waals surface area contributed by atoms with Gasteiger partial charge in [-0.25, -0.2) is 0 Å². The van der Waals surface area contributed by atoms with Crippen molar-refractivity contribution in [3.63, 3.8) is 0 Å². The molecule has 2 heterocycles. The molecular weight excluding hydrogens is 414 g/mol. The van der Waals surface area contributed by atoms with Gasteiger partial charge < -0.3 is 19.9 Å². The first-order valence-electron chi connectivity index (χ1n) is 12.0. The number of carbonyl (C=O) groups is 1. The Morgan fingerprint density at radius 2 is 1.82 bits per heavy atom. The van der Waals surface area contributed by atoms with Crippen LogP contribution in [-0.2, 0) is 19.4 Å². The number of aromatic nitrogens is 1. The summed E-state index contributed by atoms with van der Waals surface area (Å²) in [5.74, 6) is 0.623. The van der Waals surface area contributed by atoms with Crippen molar-refractivity contribution in [1.82, 2.24) is 15.2 Å². The molecular formula is C27H35N3O3. The van der Waals surface area contributed by atoms with Crippen LogP contribution in [-0.4, -0.2) is 42.0 Å². The van der Waals surface area contributed by atoms with Crippen LogP contribution < -0.4 is 15.6 Å². The molecule has 0 spiro atoms. The van der Waals surface area contributed by atoms with Crippen molar-refractivity contribution < 1.29 is 9.53 Å². The van der Waals surface area contributed by atoms with Crippen molar-refractivity contribution in [1.29, 1.82) is 0 Å². The minimum absolute atomic E-state index is 0.128. The van der Waals surface area contributed by atoms with Crippen LogP contribution in [0.5, 0.6) is 5.75 Å². The molecule has 1 aromatic heterocycles. The molecule has 2 N–H and O–H groups in total. The molecule has 6 nitrogen and oxygen atoms in total. The maximum Gasteiger partial charge on any atom is 0.253 e. The molecule has 0 saturated heterocycles. The molecule has 2 aliphatic rings. The fourth-order valence-electron chi connectivity index (χ4n) is 4.98. The van der Waals surface area contributed by atoms with Gasteiger partial charge in [0, 0.05) is 35.0 Å². The van der Waals surface area contributed by atoms with Crippen molar-refractivity contribution in [3.8, 4) is 5.75 Å². The van der Waals surface area contributed by atoms with Crippen molar-refractivity contribution in [2.24, 2.45) is 0 Å². The number of benzene rings is 1. The van der Waals surface area contributed by atoms with Gasteiger partial charge in [0.05, 0.1) is 6.10 Å². The van der Waals surface area contributed by atoms with Crippen LogP contribution in [0.4, 0.5) is 0 Å². The lowest BCUT2D eigenvalue weighted by Gasteiger charge is -2.33. The van der Waals surface area contributed by atoms with Crippen LogP contribution in [0.3, 0.4) is 0 Å². The smallest absolute Gasteiger partial charge is 0.253 e. The Morgan fingerprint density at radius 3 is 2.58 bits per heavy atom. The number of carbonyl (C=O) groups excluding carboxylic acids is 1. The number of aryl methyl sites for hydroxylation is 2. The fourth-order valence-corrected chi connectivity index (χ4v) is 4.98. The normalized spacial score (nSPS) is 22.4. The van der Waals surface area contributed by atoms with Gasteiger partial charge in [-0.2, -0.15) is 0 Å². The highest BCUT2D eigenvalue weighted by molar-refractivity contribution is 5.96. The van der Waals surface area contributed by atoms with Gasteiger partial charge >= 0.3 is 0 Å². The number of nitrogens with zero attached hydrogens (tertiary/aromatic N) is 1. The first kappa shape index (κ1) is 23.3. The van der Waals surface area contributed by atoms with Crippen LogP contribution in [0.25, 0.3) is 0 Å². The van der Waals surface area contributed by atoms with E-state index in [4.69, 9.17) is 4.74 Å². The summed E-state index contributed by atoms with van der Waals surface area (Å²) < 4.78 is 6.46. The Labute approximate surface area is 196 Å². The molecule has 1 aliphatic carbocycles. The lowest BCUT2D eigenvalue weighted by Crippen LogP contribution is -2.35. The predicted octanol–water partition coefficient (Wildman–Crippen LogP) is 3.91. The Bertz CT molecular complexity index is 1080. The number of allylic oxidation sites excluding steroid dienone is 2. The second kappa shape index (κ2) is 10.4. The van der Waals surface area contributed by atoms with Crippen LogP contribution >= 0.6 is 0 Å². The third-order valence-electron chi connectivity index (χ3n) is 6.90. The molecule has 0 radical (unpaired) electrons. The van der Waals surface area contributed by atoms with Gasteiger partial charge in [-0.05, 0) is 89.7 Å². The lowest BCUT2D eigenvalue weighted by atomic mass is 9.92. The molecule has 6 heteroatoms. The zero-order chi connectivity index (χ0) is 23.4. The second-order valence-electron chi connectivity index (χ2n) is 9.48. The van der Waals surface area contributed by atoms with Crippen molar-refractivity contribution in [2.45, 2.75) is 70.6 Å². The summed E-state index contributed by atoms with van der Waals surface area (Å²) in [6.45, 7) is 2.10. The van der Waals surface area contributed by atoms with E-state index in [0.29, 0.717) is 23.6 Å². The lowest BCUT2D eigenvalue weighted by molar-refractivity contribution is 0.0945. The van der Waals surface area contributed by atoms with Crippen LogP contribution in [0.2, 0.25) is 0 Å². The van der Waals surface area contributed by atoms with E-state index in [1.54, 1.807) is 0 Å². The molecule has 2 aromatic rings. The number of rotatable bonds is 3. The van der Waals surface area contributed by atoms with Gasteiger partial charge in [-0.15, -0.1) is 0 Å².